The average molecular weight is 526 g/mol. The normalized spacial score (nSPS) is 24.2. The Labute approximate surface area is 216 Å². The second-order valence-corrected chi connectivity index (χ2v) is 13.0. The fourth-order valence-electron chi connectivity index (χ4n) is 5.29. The van der Waals surface area contributed by atoms with E-state index >= 15 is 0 Å². The Morgan fingerprint density at radius 2 is 1.84 bits per heavy atom. The Hall–Kier alpha value is -3.17. The lowest BCUT2D eigenvalue weighted by Crippen LogP contribution is -2.50. The predicted molar refractivity (Wildman–Crippen MR) is 136 cm³/mol. The molecule has 2 aromatic rings. The van der Waals surface area contributed by atoms with Crippen LogP contribution in [0.1, 0.15) is 35.7 Å². The molecule has 10 nitrogen and oxygen atoms in total. The highest BCUT2D eigenvalue weighted by atomic mass is 32.2. The van der Waals surface area contributed by atoms with E-state index in [1.807, 2.05) is 18.2 Å². The third-order valence-corrected chi connectivity index (χ3v) is 10.1. The number of hydrogen-bond acceptors (Lipinski definition) is 7. The van der Waals surface area contributed by atoms with E-state index in [0.29, 0.717) is 23.4 Å². The molecule has 2 aliphatic heterocycles. The summed E-state index contributed by atoms with van der Waals surface area (Å²) in [5.74, 6) is 6.58. The number of rotatable bonds is 7. The van der Waals surface area contributed by atoms with Gasteiger partial charge in [0.2, 0.25) is 0 Å². The molecule has 5 rings (SSSR count). The highest BCUT2D eigenvalue weighted by Gasteiger charge is 2.53. The molecular formula is C26H31N5O5S. The molecule has 3 aliphatic rings. The number of hydroxylamine groups is 1. The molecular weight excluding hydrogens is 494 g/mol. The molecule has 1 saturated carbocycles. The fourth-order valence-corrected chi connectivity index (χ4v) is 6.13. The zero-order valence-corrected chi connectivity index (χ0v) is 21.7. The van der Waals surface area contributed by atoms with Gasteiger partial charge in [0.1, 0.15) is 0 Å². The van der Waals surface area contributed by atoms with Crippen molar-refractivity contribution in [3.8, 4) is 11.8 Å². The van der Waals surface area contributed by atoms with E-state index in [2.05, 4.69) is 28.9 Å². The second-order valence-electron chi connectivity index (χ2n) is 10.5. The maximum Gasteiger partial charge on any atom is 0.328 e. The molecule has 1 aromatic carbocycles. The van der Waals surface area contributed by atoms with Gasteiger partial charge in [-0.3, -0.25) is 19.5 Å². The van der Waals surface area contributed by atoms with Gasteiger partial charge >= 0.3 is 6.03 Å². The molecule has 37 heavy (non-hydrogen) atoms. The molecule has 3 heterocycles. The Balaban J connectivity index is 1.18. The molecule has 4 N–H and O–H groups in total. The van der Waals surface area contributed by atoms with Gasteiger partial charge < -0.3 is 10.6 Å². The lowest BCUT2D eigenvalue weighted by atomic mass is 10.1. The van der Waals surface area contributed by atoms with Gasteiger partial charge in [-0.05, 0) is 48.9 Å². The largest absolute Gasteiger partial charge is 0.328 e. The van der Waals surface area contributed by atoms with Gasteiger partial charge in [0.25, 0.3) is 5.91 Å². The van der Waals surface area contributed by atoms with Crippen molar-refractivity contribution >= 4 is 21.8 Å². The summed E-state index contributed by atoms with van der Waals surface area (Å²) in [5.41, 5.74) is 11.0. The average Bonchev–Trinajstić information content (AvgIpc) is 3.25. The van der Waals surface area contributed by atoms with E-state index in [1.54, 1.807) is 6.20 Å². The van der Waals surface area contributed by atoms with Crippen molar-refractivity contribution in [2.45, 2.75) is 37.2 Å². The Kier molecular flexibility index (Phi) is 6.40. The number of hydrogen-bond donors (Lipinski definition) is 3. The summed E-state index contributed by atoms with van der Waals surface area (Å²) in [6, 6.07) is 10.1. The van der Waals surface area contributed by atoms with Crippen molar-refractivity contribution < 1.29 is 23.2 Å². The zero-order chi connectivity index (χ0) is 26.5. The van der Waals surface area contributed by atoms with Crippen LogP contribution in [0, 0.1) is 23.7 Å². The Bertz CT molecular complexity index is 1390. The molecule has 2 fully saturated rings. The van der Waals surface area contributed by atoms with Crippen LogP contribution < -0.4 is 11.2 Å². The number of sulfone groups is 1. The molecule has 1 saturated heterocycles. The summed E-state index contributed by atoms with van der Waals surface area (Å²) < 4.78 is 24.0. The van der Waals surface area contributed by atoms with E-state index in [9.17, 15) is 18.0 Å². The smallest absolute Gasteiger partial charge is 0.327 e. The van der Waals surface area contributed by atoms with E-state index in [0.717, 1.165) is 37.1 Å². The number of nitrogens with zero attached hydrogens (tertiary/aromatic N) is 3. The minimum atomic E-state index is -3.83. The molecule has 1 aliphatic carbocycles. The number of benzene rings is 1. The summed E-state index contributed by atoms with van der Waals surface area (Å²) in [4.78, 5) is 28.8. The van der Waals surface area contributed by atoms with Crippen molar-refractivity contribution in [2.75, 3.05) is 25.9 Å². The highest BCUT2D eigenvalue weighted by molar-refractivity contribution is 7.92. The second kappa shape index (κ2) is 9.29. The van der Waals surface area contributed by atoms with Gasteiger partial charge in [0.15, 0.2) is 14.6 Å². The molecule has 2 amide bonds. The molecule has 3 unspecified atom stereocenters. The molecule has 0 bridgehead atoms. The third-order valence-electron chi connectivity index (χ3n) is 8.04. The number of fused-ring (bicyclic) bond motifs is 2. The monoisotopic (exact) mass is 525 g/mol. The molecule has 1 aromatic heterocycles. The van der Waals surface area contributed by atoms with Gasteiger partial charge in [-0.25, -0.2) is 18.7 Å². The van der Waals surface area contributed by atoms with Crippen LogP contribution in [0.4, 0.5) is 4.79 Å². The van der Waals surface area contributed by atoms with E-state index in [-0.39, 0.29) is 25.5 Å². The van der Waals surface area contributed by atoms with Crippen LogP contribution in [-0.4, -0.2) is 76.6 Å². The summed E-state index contributed by atoms with van der Waals surface area (Å²) in [6.07, 6.45) is 2.45. The summed E-state index contributed by atoms with van der Waals surface area (Å²) in [6.45, 7) is 4.64. The molecule has 196 valence electrons. The van der Waals surface area contributed by atoms with Crippen LogP contribution >= 0.6 is 0 Å². The number of amides is 2. The number of piperidine rings is 1. The van der Waals surface area contributed by atoms with Crippen molar-refractivity contribution in [3.63, 3.8) is 0 Å². The number of likely N-dealkylation sites (tertiary alicyclic amines) is 1. The van der Waals surface area contributed by atoms with Crippen molar-refractivity contribution in [2.24, 2.45) is 17.6 Å². The van der Waals surface area contributed by atoms with Crippen LogP contribution in [0.3, 0.4) is 0 Å². The summed E-state index contributed by atoms with van der Waals surface area (Å²) in [5, 5.41) is 8.97. The highest BCUT2D eigenvalue weighted by Crippen LogP contribution is 2.44. The SMILES string of the molecule is CC(CCN1Cc2cc(C#Cc3ccc(CN4CC5C(N)C5C4)cc3)cn2C1=O)(C(=O)NO)S(C)(=O)=O. The van der Waals surface area contributed by atoms with Crippen LogP contribution in [-0.2, 0) is 27.7 Å². The molecule has 0 spiro atoms. The molecule has 3 atom stereocenters. The van der Waals surface area contributed by atoms with Gasteiger partial charge in [0, 0.05) is 61.5 Å². The van der Waals surface area contributed by atoms with E-state index in [1.165, 1.54) is 27.4 Å². The van der Waals surface area contributed by atoms with Gasteiger partial charge in [-0.2, -0.15) is 0 Å². The summed E-state index contributed by atoms with van der Waals surface area (Å²) in [7, 11) is -3.83. The van der Waals surface area contributed by atoms with Crippen molar-refractivity contribution in [1.82, 2.24) is 19.8 Å². The van der Waals surface area contributed by atoms with E-state index in [4.69, 9.17) is 10.9 Å². The molecule has 0 radical (unpaired) electrons. The Morgan fingerprint density at radius 1 is 1.19 bits per heavy atom. The topological polar surface area (TPSA) is 138 Å². The first-order valence-corrected chi connectivity index (χ1v) is 14.1. The van der Waals surface area contributed by atoms with Crippen LogP contribution in [0.25, 0.3) is 0 Å². The van der Waals surface area contributed by atoms with Gasteiger partial charge in [0.05, 0.1) is 6.54 Å². The van der Waals surface area contributed by atoms with Gasteiger partial charge in [-0.1, -0.05) is 24.0 Å². The third kappa shape index (κ3) is 4.78. The fraction of sp³-hybridized carbons (Fsp3) is 0.462. The lowest BCUT2D eigenvalue weighted by Gasteiger charge is -2.27. The van der Waals surface area contributed by atoms with Crippen LogP contribution in [0.5, 0.6) is 0 Å². The molecule has 11 heteroatoms. The van der Waals surface area contributed by atoms with Gasteiger partial charge in [-0.15, -0.1) is 0 Å². The maximum absolute atomic E-state index is 12.8. The number of aromatic nitrogens is 1. The number of nitrogens with two attached hydrogens (primary N) is 1. The first-order valence-electron chi connectivity index (χ1n) is 12.2. The summed E-state index contributed by atoms with van der Waals surface area (Å²) >= 11 is 0. The van der Waals surface area contributed by atoms with E-state index < -0.39 is 20.5 Å². The first kappa shape index (κ1) is 25.5. The predicted octanol–water partition coefficient (Wildman–Crippen LogP) is 0.759. The standard InChI is InChI=1S/C26H31N5O5S/c1-26(24(32)28-34,37(2,35)36)9-10-30-14-20-11-19(13-31(20)25(30)33)8-5-17-3-6-18(7-4-17)12-29-15-21-22(16-29)23(21)27/h3-4,6-7,11,13,21-23,34H,9-10,12,14-16,27H2,1-2H3,(H,28,32). The minimum Gasteiger partial charge on any atom is -0.327 e. The van der Waals surface area contributed by atoms with Crippen LogP contribution in [0.15, 0.2) is 36.5 Å². The quantitative estimate of drug-likeness (QED) is 0.276. The number of carbonyl (C=O) groups excluding carboxylic acids is 2. The van der Waals surface area contributed by atoms with Crippen molar-refractivity contribution in [1.29, 1.82) is 0 Å². The van der Waals surface area contributed by atoms with Crippen molar-refractivity contribution in [3.05, 3.63) is 58.9 Å². The lowest BCUT2D eigenvalue weighted by molar-refractivity contribution is -0.131. The van der Waals surface area contributed by atoms with Crippen LogP contribution in [0.2, 0.25) is 0 Å². The Morgan fingerprint density at radius 3 is 2.43 bits per heavy atom. The minimum absolute atomic E-state index is 0.0381. The first-order chi connectivity index (χ1) is 17.5. The number of nitrogens with one attached hydrogen (secondary N) is 1. The zero-order valence-electron chi connectivity index (χ0n) is 20.8. The maximum atomic E-state index is 12.8. The number of carbonyl (C=O) groups is 2.